The van der Waals surface area contributed by atoms with Gasteiger partial charge in [0.2, 0.25) is 5.91 Å². The Kier molecular flexibility index (Phi) is 5.76. The second kappa shape index (κ2) is 7.41. The number of rotatable bonds is 5. The van der Waals surface area contributed by atoms with Crippen molar-refractivity contribution in [2.45, 2.75) is 39.3 Å². The highest BCUT2D eigenvalue weighted by Crippen LogP contribution is 2.20. The number of hydrogen-bond acceptors (Lipinski definition) is 3. The van der Waals surface area contributed by atoms with Crippen LogP contribution in [0.3, 0.4) is 0 Å². The summed E-state index contributed by atoms with van der Waals surface area (Å²) in [5.41, 5.74) is 0.461. The second-order valence-electron chi connectivity index (χ2n) is 7.35. The number of likely N-dealkylation sites (tertiary alicyclic amines) is 1. The molecule has 0 aliphatic carbocycles. The molecule has 1 atom stereocenters. The second-order valence-corrected chi connectivity index (χ2v) is 7.35. The lowest BCUT2D eigenvalue weighted by Crippen LogP contribution is -2.49. The van der Waals surface area contributed by atoms with Crippen molar-refractivity contribution in [3.8, 4) is 0 Å². The third-order valence-electron chi connectivity index (χ3n) is 4.33. The SMILES string of the molecule is CC(C)(C)N(Cc1cccc(F)c1)C(=O)CN1CCC(CO)C1. The van der Waals surface area contributed by atoms with Crippen LogP contribution in [0.1, 0.15) is 32.8 Å². The van der Waals surface area contributed by atoms with Crippen LogP contribution in [-0.4, -0.2) is 52.6 Å². The van der Waals surface area contributed by atoms with Gasteiger partial charge in [-0.3, -0.25) is 9.69 Å². The summed E-state index contributed by atoms with van der Waals surface area (Å²) >= 11 is 0. The zero-order valence-corrected chi connectivity index (χ0v) is 14.3. The number of benzene rings is 1. The summed E-state index contributed by atoms with van der Waals surface area (Å²) in [6, 6.07) is 6.39. The Morgan fingerprint density at radius 1 is 1.43 bits per heavy atom. The molecule has 1 saturated heterocycles. The normalized spacial score (nSPS) is 19.1. The summed E-state index contributed by atoms with van der Waals surface area (Å²) in [5.74, 6) is 0.0311. The quantitative estimate of drug-likeness (QED) is 0.904. The number of carbonyl (C=O) groups excluding carboxylic acids is 1. The molecule has 0 spiro atoms. The van der Waals surface area contributed by atoms with E-state index in [2.05, 4.69) is 4.90 Å². The van der Waals surface area contributed by atoms with Gasteiger partial charge in [-0.05, 0) is 57.4 Å². The Balaban J connectivity index is 2.05. The van der Waals surface area contributed by atoms with Gasteiger partial charge >= 0.3 is 0 Å². The maximum atomic E-state index is 13.4. The molecule has 23 heavy (non-hydrogen) atoms. The molecule has 0 radical (unpaired) electrons. The van der Waals surface area contributed by atoms with E-state index in [4.69, 9.17) is 0 Å². The van der Waals surface area contributed by atoms with Crippen molar-refractivity contribution in [1.29, 1.82) is 0 Å². The third kappa shape index (κ3) is 5.01. The molecule has 1 unspecified atom stereocenters. The average molecular weight is 322 g/mol. The van der Waals surface area contributed by atoms with E-state index in [1.165, 1.54) is 12.1 Å². The molecule has 128 valence electrons. The lowest BCUT2D eigenvalue weighted by Gasteiger charge is -2.37. The minimum Gasteiger partial charge on any atom is -0.396 e. The molecule has 1 amide bonds. The molecule has 0 aromatic heterocycles. The maximum absolute atomic E-state index is 13.4. The third-order valence-corrected chi connectivity index (χ3v) is 4.33. The van der Waals surface area contributed by atoms with Crippen LogP contribution in [0.2, 0.25) is 0 Å². The highest BCUT2D eigenvalue weighted by atomic mass is 19.1. The molecule has 1 N–H and O–H groups in total. The largest absolute Gasteiger partial charge is 0.396 e. The van der Waals surface area contributed by atoms with Crippen molar-refractivity contribution in [2.75, 3.05) is 26.2 Å². The summed E-state index contributed by atoms with van der Waals surface area (Å²) in [6.07, 6.45) is 0.934. The predicted molar refractivity (Wildman–Crippen MR) is 88.3 cm³/mol. The van der Waals surface area contributed by atoms with Crippen molar-refractivity contribution in [1.82, 2.24) is 9.80 Å². The van der Waals surface area contributed by atoms with Gasteiger partial charge in [0.15, 0.2) is 0 Å². The zero-order valence-electron chi connectivity index (χ0n) is 14.3. The molecule has 1 aliphatic rings. The fourth-order valence-corrected chi connectivity index (χ4v) is 3.00. The molecular weight excluding hydrogens is 295 g/mol. The molecule has 2 rings (SSSR count). The molecule has 0 saturated carbocycles. The van der Waals surface area contributed by atoms with E-state index in [1.807, 2.05) is 26.8 Å². The summed E-state index contributed by atoms with van der Waals surface area (Å²) < 4.78 is 13.4. The van der Waals surface area contributed by atoms with Gasteiger partial charge in [0, 0.05) is 25.2 Å². The van der Waals surface area contributed by atoms with Gasteiger partial charge in [0.25, 0.3) is 0 Å². The number of aliphatic hydroxyl groups is 1. The first-order valence-corrected chi connectivity index (χ1v) is 8.17. The van der Waals surface area contributed by atoms with Crippen LogP contribution in [0.25, 0.3) is 0 Å². The standard InChI is InChI=1S/C18H27FN2O2/c1-18(2,3)21(11-14-5-4-6-16(19)9-14)17(23)12-20-8-7-15(10-20)13-22/h4-6,9,15,22H,7-8,10-13H2,1-3H3. The average Bonchev–Trinajstić information content (AvgIpc) is 2.91. The van der Waals surface area contributed by atoms with E-state index in [0.29, 0.717) is 13.1 Å². The van der Waals surface area contributed by atoms with Gasteiger partial charge in [-0.25, -0.2) is 4.39 Å². The molecule has 1 aromatic rings. The van der Waals surface area contributed by atoms with Crippen LogP contribution in [0.5, 0.6) is 0 Å². The lowest BCUT2D eigenvalue weighted by atomic mass is 10.0. The van der Waals surface area contributed by atoms with Crippen molar-refractivity contribution < 1.29 is 14.3 Å². The first-order valence-electron chi connectivity index (χ1n) is 8.17. The first kappa shape index (κ1) is 17.9. The Hall–Kier alpha value is -1.46. The predicted octanol–water partition coefficient (Wildman–Crippen LogP) is 2.27. The van der Waals surface area contributed by atoms with Gasteiger partial charge in [-0.1, -0.05) is 12.1 Å². The minimum atomic E-state index is -0.334. The van der Waals surface area contributed by atoms with Crippen LogP contribution < -0.4 is 0 Å². The molecule has 4 nitrogen and oxygen atoms in total. The summed E-state index contributed by atoms with van der Waals surface area (Å²) in [6.45, 7) is 8.51. The van der Waals surface area contributed by atoms with Gasteiger partial charge in [-0.2, -0.15) is 0 Å². The van der Waals surface area contributed by atoms with Crippen LogP contribution in [0.15, 0.2) is 24.3 Å². The maximum Gasteiger partial charge on any atom is 0.237 e. The van der Waals surface area contributed by atoms with Gasteiger partial charge in [0.1, 0.15) is 5.82 Å². The Labute approximate surface area is 137 Å². The van der Waals surface area contributed by atoms with Gasteiger partial charge < -0.3 is 10.0 Å². The fraction of sp³-hybridized carbons (Fsp3) is 0.611. The van der Waals surface area contributed by atoms with Crippen LogP contribution >= 0.6 is 0 Å². The van der Waals surface area contributed by atoms with Gasteiger partial charge in [0.05, 0.1) is 6.54 Å². The summed E-state index contributed by atoms with van der Waals surface area (Å²) in [7, 11) is 0. The van der Waals surface area contributed by atoms with E-state index >= 15 is 0 Å². The Morgan fingerprint density at radius 2 is 2.17 bits per heavy atom. The van der Waals surface area contributed by atoms with Gasteiger partial charge in [-0.15, -0.1) is 0 Å². The number of halogens is 1. The highest BCUT2D eigenvalue weighted by molar-refractivity contribution is 5.79. The highest BCUT2D eigenvalue weighted by Gasteiger charge is 2.30. The number of nitrogens with zero attached hydrogens (tertiary/aromatic N) is 2. The molecule has 5 heteroatoms. The molecule has 1 aromatic carbocycles. The van der Waals surface area contributed by atoms with E-state index in [0.717, 1.165) is 25.1 Å². The van der Waals surface area contributed by atoms with Crippen molar-refractivity contribution >= 4 is 5.91 Å². The number of carbonyl (C=O) groups is 1. The summed E-state index contributed by atoms with van der Waals surface area (Å²) in [5, 5.41) is 9.22. The molecule has 1 aliphatic heterocycles. The fourth-order valence-electron chi connectivity index (χ4n) is 3.00. The lowest BCUT2D eigenvalue weighted by molar-refractivity contribution is -0.137. The Morgan fingerprint density at radius 3 is 2.74 bits per heavy atom. The van der Waals surface area contributed by atoms with E-state index in [1.54, 1.807) is 11.0 Å². The van der Waals surface area contributed by atoms with E-state index < -0.39 is 0 Å². The molecular formula is C18H27FN2O2. The molecule has 1 fully saturated rings. The number of aliphatic hydroxyl groups excluding tert-OH is 1. The number of hydrogen-bond donors (Lipinski definition) is 1. The molecule has 0 bridgehead atoms. The monoisotopic (exact) mass is 322 g/mol. The van der Waals surface area contributed by atoms with E-state index in [-0.39, 0.29) is 29.8 Å². The zero-order chi connectivity index (χ0) is 17.0. The Bertz CT molecular complexity index is 542. The van der Waals surface area contributed by atoms with Crippen molar-refractivity contribution in [3.05, 3.63) is 35.6 Å². The first-order chi connectivity index (χ1) is 10.8. The van der Waals surface area contributed by atoms with Crippen molar-refractivity contribution in [2.24, 2.45) is 5.92 Å². The van der Waals surface area contributed by atoms with Crippen LogP contribution in [0, 0.1) is 11.7 Å². The summed E-state index contributed by atoms with van der Waals surface area (Å²) in [4.78, 5) is 16.6. The topological polar surface area (TPSA) is 43.8 Å². The number of amides is 1. The smallest absolute Gasteiger partial charge is 0.237 e. The molecule has 1 heterocycles. The van der Waals surface area contributed by atoms with Crippen LogP contribution in [0.4, 0.5) is 4.39 Å². The minimum absolute atomic E-state index is 0.0420. The van der Waals surface area contributed by atoms with Crippen LogP contribution in [-0.2, 0) is 11.3 Å². The van der Waals surface area contributed by atoms with E-state index in [9.17, 15) is 14.3 Å². The van der Waals surface area contributed by atoms with Crippen molar-refractivity contribution in [3.63, 3.8) is 0 Å².